The molecule has 1 aliphatic heterocycles. The maximum Gasteiger partial charge on any atom is 0.236 e. The van der Waals surface area contributed by atoms with Crippen molar-refractivity contribution in [3.63, 3.8) is 0 Å². The minimum absolute atomic E-state index is 0. The van der Waals surface area contributed by atoms with Crippen molar-refractivity contribution in [3.05, 3.63) is 66.0 Å². The number of carbonyl (C=O) groups is 1. The van der Waals surface area contributed by atoms with Gasteiger partial charge in [0.25, 0.3) is 0 Å². The normalized spacial score (nSPS) is 19.1. The summed E-state index contributed by atoms with van der Waals surface area (Å²) in [5.41, 5.74) is 7.50. The first kappa shape index (κ1) is 22.1. The predicted octanol–water partition coefficient (Wildman–Crippen LogP) is 2.51. The zero-order chi connectivity index (χ0) is 19.2. The minimum atomic E-state index is -0.399. The van der Waals surface area contributed by atoms with E-state index in [4.69, 9.17) is 10.5 Å². The average Bonchev–Trinajstić information content (AvgIpc) is 3.04. The number of nitrogens with two attached hydrogens (primary N) is 1. The molecule has 7 heteroatoms. The van der Waals surface area contributed by atoms with Crippen molar-refractivity contribution < 1.29 is 13.9 Å². The van der Waals surface area contributed by atoms with Crippen LogP contribution in [0.25, 0.3) is 0 Å². The number of hydrogen-bond acceptors (Lipinski definition) is 4. The average molecular weight is 408 g/mol. The lowest BCUT2D eigenvalue weighted by Gasteiger charge is -2.21. The van der Waals surface area contributed by atoms with E-state index in [-0.39, 0.29) is 42.6 Å². The SMILES string of the molecule is CN(CCOc1ccccc1F)C(=O)CN1C[C@@H](N)[C@H](c2ccccc2)C1.Cl. The highest BCUT2D eigenvalue weighted by Gasteiger charge is 2.32. The van der Waals surface area contributed by atoms with E-state index in [0.717, 1.165) is 6.54 Å². The lowest BCUT2D eigenvalue weighted by molar-refractivity contribution is -0.131. The summed E-state index contributed by atoms with van der Waals surface area (Å²) in [4.78, 5) is 16.2. The van der Waals surface area contributed by atoms with E-state index in [1.165, 1.54) is 11.6 Å². The summed E-state index contributed by atoms with van der Waals surface area (Å²) in [6, 6.07) is 16.5. The van der Waals surface area contributed by atoms with E-state index in [2.05, 4.69) is 17.0 Å². The molecule has 28 heavy (non-hydrogen) atoms. The van der Waals surface area contributed by atoms with E-state index >= 15 is 0 Å². The maximum atomic E-state index is 13.5. The summed E-state index contributed by atoms with van der Waals surface area (Å²) in [5, 5.41) is 0. The van der Waals surface area contributed by atoms with Gasteiger partial charge < -0.3 is 15.4 Å². The molecule has 0 spiro atoms. The van der Waals surface area contributed by atoms with Gasteiger partial charge >= 0.3 is 0 Å². The number of carbonyl (C=O) groups excluding carboxylic acids is 1. The summed E-state index contributed by atoms with van der Waals surface area (Å²) >= 11 is 0. The topological polar surface area (TPSA) is 58.8 Å². The number of para-hydroxylation sites is 1. The van der Waals surface area contributed by atoms with Gasteiger partial charge in [-0.3, -0.25) is 9.69 Å². The van der Waals surface area contributed by atoms with Gasteiger partial charge in [-0.1, -0.05) is 42.5 Å². The Kier molecular flexibility index (Phi) is 8.23. The van der Waals surface area contributed by atoms with Gasteiger partial charge in [-0.25, -0.2) is 4.39 Å². The molecule has 1 aliphatic rings. The van der Waals surface area contributed by atoms with Crippen LogP contribution in [-0.2, 0) is 4.79 Å². The second kappa shape index (κ2) is 10.4. The van der Waals surface area contributed by atoms with Crippen LogP contribution in [0.3, 0.4) is 0 Å². The molecule has 0 aliphatic carbocycles. The van der Waals surface area contributed by atoms with Crippen molar-refractivity contribution in [3.8, 4) is 5.75 Å². The highest BCUT2D eigenvalue weighted by Crippen LogP contribution is 2.26. The molecule has 2 aromatic carbocycles. The Morgan fingerprint density at radius 2 is 1.86 bits per heavy atom. The van der Waals surface area contributed by atoms with Gasteiger partial charge in [-0.15, -0.1) is 12.4 Å². The first-order valence-corrected chi connectivity index (χ1v) is 9.19. The van der Waals surface area contributed by atoms with Crippen molar-refractivity contribution in [1.82, 2.24) is 9.80 Å². The fraction of sp³-hybridized carbons (Fsp3) is 0.381. The summed E-state index contributed by atoms with van der Waals surface area (Å²) < 4.78 is 18.9. The Bertz CT molecular complexity index is 762. The number of rotatable bonds is 7. The lowest BCUT2D eigenvalue weighted by Crippen LogP contribution is -2.40. The van der Waals surface area contributed by atoms with Gasteiger partial charge in [0.1, 0.15) is 6.61 Å². The fourth-order valence-electron chi connectivity index (χ4n) is 3.39. The molecular weight excluding hydrogens is 381 g/mol. The summed E-state index contributed by atoms with van der Waals surface area (Å²) in [6.07, 6.45) is 0. The third-order valence-corrected chi connectivity index (χ3v) is 4.97. The number of ether oxygens (including phenoxy) is 1. The summed E-state index contributed by atoms with van der Waals surface area (Å²) in [5.74, 6) is 0.0563. The number of benzene rings is 2. The van der Waals surface area contributed by atoms with Crippen LogP contribution >= 0.6 is 12.4 Å². The van der Waals surface area contributed by atoms with E-state index in [1.54, 1.807) is 30.1 Å². The molecule has 5 nitrogen and oxygen atoms in total. The van der Waals surface area contributed by atoms with Gasteiger partial charge in [-0.05, 0) is 17.7 Å². The number of likely N-dealkylation sites (tertiary alicyclic amines) is 1. The van der Waals surface area contributed by atoms with Crippen LogP contribution in [-0.4, -0.2) is 61.6 Å². The zero-order valence-corrected chi connectivity index (χ0v) is 16.8. The Morgan fingerprint density at radius 3 is 2.57 bits per heavy atom. The first-order chi connectivity index (χ1) is 13.0. The van der Waals surface area contributed by atoms with E-state index in [9.17, 15) is 9.18 Å². The van der Waals surface area contributed by atoms with E-state index in [0.29, 0.717) is 19.6 Å². The molecule has 2 atom stereocenters. The van der Waals surface area contributed by atoms with Gasteiger partial charge in [-0.2, -0.15) is 0 Å². The van der Waals surface area contributed by atoms with E-state index in [1.807, 2.05) is 18.2 Å². The van der Waals surface area contributed by atoms with Crippen LogP contribution in [0.4, 0.5) is 4.39 Å². The molecule has 3 rings (SSSR count). The maximum absolute atomic E-state index is 13.5. The van der Waals surface area contributed by atoms with Gasteiger partial charge in [0.15, 0.2) is 11.6 Å². The van der Waals surface area contributed by atoms with Crippen molar-refractivity contribution in [2.45, 2.75) is 12.0 Å². The van der Waals surface area contributed by atoms with Gasteiger partial charge in [0.2, 0.25) is 5.91 Å². The second-order valence-corrected chi connectivity index (χ2v) is 6.97. The molecule has 2 aromatic rings. The molecule has 0 unspecified atom stereocenters. The lowest BCUT2D eigenvalue weighted by atomic mass is 9.95. The zero-order valence-electron chi connectivity index (χ0n) is 16.0. The molecule has 0 saturated carbocycles. The number of nitrogens with zero attached hydrogens (tertiary/aromatic N) is 2. The van der Waals surface area contributed by atoms with Crippen LogP contribution in [0.2, 0.25) is 0 Å². The molecule has 1 heterocycles. The van der Waals surface area contributed by atoms with Crippen LogP contribution in [0.15, 0.2) is 54.6 Å². The fourth-order valence-corrected chi connectivity index (χ4v) is 3.39. The Balaban J connectivity index is 0.00000280. The second-order valence-electron chi connectivity index (χ2n) is 6.97. The third kappa shape index (κ3) is 5.67. The van der Waals surface area contributed by atoms with Crippen LogP contribution in [0, 0.1) is 5.82 Å². The van der Waals surface area contributed by atoms with Crippen LogP contribution in [0.1, 0.15) is 11.5 Å². The Morgan fingerprint density at radius 1 is 1.18 bits per heavy atom. The summed E-state index contributed by atoms with van der Waals surface area (Å²) in [7, 11) is 1.73. The number of halogens is 2. The smallest absolute Gasteiger partial charge is 0.236 e. The molecule has 152 valence electrons. The molecular formula is C21H27ClFN3O2. The van der Waals surface area contributed by atoms with Gasteiger partial charge in [0.05, 0.1) is 13.1 Å². The number of likely N-dealkylation sites (N-methyl/N-ethyl adjacent to an activating group) is 1. The molecule has 2 N–H and O–H groups in total. The monoisotopic (exact) mass is 407 g/mol. The standard InChI is InChI=1S/C21H26FN3O2.ClH/c1-24(11-12-27-20-10-6-5-9-18(20)22)21(26)15-25-13-17(19(23)14-25)16-7-3-2-4-8-16;/h2-10,17,19H,11-15,23H2,1H3;1H/t17-,19+;/m0./s1. The molecule has 0 radical (unpaired) electrons. The highest BCUT2D eigenvalue weighted by molar-refractivity contribution is 5.85. The molecule has 0 bridgehead atoms. The quantitative estimate of drug-likeness (QED) is 0.766. The largest absolute Gasteiger partial charge is 0.489 e. The Labute approximate surface area is 171 Å². The van der Waals surface area contributed by atoms with Crippen molar-refractivity contribution in [1.29, 1.82) is 0 Å². The van der Waals surface area contributed by atoms with E-state index < -0.39 is 5.82 Å². The molecule has 1 fully saturated rings. The number of amides is 1. The van der Waals surface area contributed by atoms with Gasteiger partial charge in [0, 0.05) is 32.1 Å². The Hall–Kier alpha value is -2.15. The highest BCUT2D eigenvalue weighted by atomic mass is 35.5. The minimum Gasteiger partial charge on any atom is -0.489 e. The first-order valence-electron chi connectivity index (χ1n) is 9.19. The van der Waals surface area contributed by atoms with Crippen molar-refractivity contribution in [2.24, 2.45) is 5.73 Å². The number of hydrogen-bond donors (Lipinski definition) is 1. The molecule has 1 saturated heterocycles. The third-order valence-electron chi connectivity index (χ3n) is 4.97. The van der Waals surface area contributed by atoms with Crippen molar-refractivity contribution >= 4 is 18.3 Å². The van der Waals surface area contributed by atoms with Crippen LogP contribution in [0.5, 0.6) is 5.75 Å². The predicted molar refractivity (Wildman–Crippen MR) is 110 cm³/mol. The van der Waals surface area contributed by atoms with Crippen molar-refractivity contribution in [2.75, 3.05) is 39.8 Å². The molecule has 0 aromatic heterocycles. The summed E-state index contributed by atoms with van der Waals surface area (Å²) in [6.45, 7) is 2.44. The van der Waals surface area contributed by atoms with Crippen LogP contribution < -0.4 is 10.5 Å². The molecule has 1 amide bonds.